The van der Waals surface area contributed by atoms with Crippen molar-refractivity contribution in [1.29, 1.82) is 0 Å². The maximum absolute atomic E-state index is 12.4. The highest BCUT2D eigenvalue weighted by atomic mass is 32.2. The molecule has 0 aliphatic carbocycles. The highest BCUT2D eigenvalue weighted by molar-refractivity contribution is 8.00. The lowest BCUT2D eigenvalue weighted by Gasteiger charge is -2.00. The van der Waals surface area contributed by atoms with Crippen LogP contribution in [-0.4, -0.2) is 21.1 Å². The first-order chi connectivity index (χ1) is 12.3. The van der Waals surface area contributed by atoms with Crippen molar-refractivity contribution >= 4 is 55.7 Å². The number of hydrogen-bond donors (Lipinski definition) is 1. The van der Waals surface area contributed by atoms with E-state index >= 15 is 0 Å². The fraction of sp³-hybridized carbons (Fsp3) is 0.0588. The molecule has 0 unspecified atom stereocenters. The molecule has 5 nitrogen and oxygen atoms in total. The molecule has 1 amide bonds. The summed E-state index contributed by atoms with van der Waals surface area (Å²) in [5.41, 5.74) is 4.49. The lowest BCUT2D eigenvalue weighted by atomic mass is 10.2. The van der Waals surface area contributed by atoms with E-state index in [1.165, 1.54) is 28.2 Å². The fourth-order valence-electron chi connectivity index (χ4n) is 2.20. The Morgan fingerprint density at radius 3 is 2.88 bits per heavy atom. The van der Waals surface area contributed by atoms with E-state index in [0.29, 0.717) is 10.7 Å². The molecule has 2 aromatic carbocycles. The molecule has 0 saturated heterocycles. The van der Waals surface area contributed by atoms with Crippen molar-refractivity contribution in [2.45, 2.75) is 10.1 Å². The van der Waals surface area contributed by atoms with E-state index in [1.54, 1.807) is 23.3 Å². The second-order valence-electron chi connectivity index (χ2n) is 5.14. The number of amides is 1. The van der Waals surface area contributed by atoms with Gasteiger partial charge in [0.15, 0.2) is 4.34 Å². The molecular weight excluding hydrogens is 372 g/mol. The highest BCUT2D eigenvalue weighted by Crippen LogP contribution is 2.28. The summed E-state index contributed by atoms with van der Waals surface area (Å²) in [7, 11) is 0. The van der Waals surface area contributed by atoms with Crippen LogP contribution in [0, 0.1) is 0 Å². The predicted octanol–water partition coefficient (Wildman–Crippen LogP) is 4.69. The van der Waals surface area contributed by atoms with E-state index < -0.39 is 0 Å². The van der Waals surface area contributed by atoms with E-state index in [2.05, 4.69) is 32.6 Å². The predicted molar refractivity (Wildman–Crippen MR) is 103 cm³/mol. The average Bonchev–Trinajstić information content (AvgIpc) is 3.29. The molecule has 2 heterocycles. The van der Waals surface area contributed by atoms with Crippen LogP contribution in [0.15, 0.2) is 58.4 Å². The van der Waals surface area contributed by atoms with Gasteiger partial charge in [-0.15, -0.1) is 21.5 Å². The van der Waals surface area contributed by atoms with Crippen molar-refractivity contribution in [2.75, 3.05) is 5.32 Å². The van der Waals surface area contributed by atoms with Crippen molar-refractivity contribution < 1.29 is 4.79 Å². The average molecular weight is 385 g/mol. The molecule has 25 heavy (non-hydrogen) atoms. The molecule has 124 valence electrons. The Hall–Kier alpha value is -2.29. The third-order valence-electron chi connectivity index (χ3n) is 3.43. The van der Waals surface area contributed by atoms with Gasteiger partial charge in [-0.05, 0) is 23.8 Å². The van der Waals surface area contributed by atoms with Crippen LogP contribution in [0.2, 0.25) is 0 Å². The zero-order valence-electron chi connectivity index (χ0n) is 12.9. The standard InChI is InChI=1S/C17H12N4OS3/c22-15(12-6-7-13-14(8-12)24-10-18-13)19-16-20-21-17(25-16)23-9-11-4-2-1-3-5-11/h1-8,10H,9H2,(H,19,20,22). The maximum atomic E-state index is 12.4. The fourth-order valence-corrected chi connectivity index (χ4v) is 4.62. The highest BCUT2D eigenvalue weighted by Gasteiger charge is 2.12. The van der Waals surface area contributed by atoms with Crippen LogP contribution in [0.4, 0.5) is 5.13 Å². The van der Waals surface area contributed by atoms with Crippen LogP contribution in [-0.2, 0) is 5.75 Å². The largest absolute Gasteiger partial charge is 0.296 e. The Kier molecular flexibility index (Phi) is 4.73. The van der Waals surface area contributed by atoms with Gasteiger partial charge in [-0.25, -0.2) is 4.98 Å². The van der Waals surface area contributed by atoms with E-state index in [-0.39, 0.29) is 5.91 Å². The van der Waals surface area contributed by atoms with Gasteiger partial charge in [0.25, 0.3) is 5.91 Å². The van der Waals surface area contributed by atoms with Gasteiger partial charge in [-0.1, -0.05) is 53.4 Å². The third-order valence-corrected chi connectivity index (χ3v) is 6.26. The molecule has 4 aromatic rings. The van der Waals surface area contributed by atoms with Gasteiger partial charge in [0, 0.05) is 11.3 Å². The first-order valence-electron chi connectivity index (χ1n) is 7.43. The molecule has 0 aliphatic rings. The summed E-state index contributed by atoms with van der Waals surface area (Å²) in [6.07, 6.45) is 0. The molecule has 0 spiro atoms. The van der Waals surface area contributed by atoms with E-state index in [0.717, 1.165) is 20.3 Å². The number of fused-ring (bicyclic) bond motifs is 1. The van der Waals surface area contributed by atoms with Gasteiger partial charge >= 0.3 is 0 Å². The number of carbonyl (C=O) groups excluding carboxylic acids is 1. The van der Waals surface area contributed by atoms with Crippen LogP contribution in [0.1, 0.15) is 15.9 Å². The molecular formula is C17H12N4OS3. The summed E-state index contributed by atoms with van der Waals surface area (Å²) >= 11 is 4.50. The number of rotatable bonds is 5. The van der Waals surface area contributed by atoms with E-state index in [4.69, 9.17) is 0 Å². The lowest BCUT2D eigenvalue weighted by molar-refractivity contribution is 0.102. The topological polar surface area (TPSA) is 67.8 Å². The minimum absolute atomic E-state index is 0.189. The molecule has 8 heteroatoms. The number of benzene rings is 2. The van der Waals surface area contributed by atoms with Crippen LogP contribution < -0.4 is 5.32 Å². The Labute approximate surface area is 156 Å². The van der Waals surface area contributed by atoms with Crippen molar-refractivity contribution in [2.24, 2.45) is 0 Å². The number of anilines is 1. The summed E-state index contributed by atoms with van der Waals surface area (Å²) < 4.78 is 1.82. The molecule has 0 saturated carbocycles. The number of aromatic nitrogens is 3. The van der Waals surface area contributed by atoms with Crippen LogP contribution in [0.5, 0.6) is 0 Å². The monoisotopic (exact) mass is 384 g/mol. The summed E-state index contributed by atoms with van der Waals surface area (Å²) in [4.78, 5) is 16.6. The van der Waals surface area contributed by atoms with E-state index in [9.17, 15) is 4.79 Å². The number of nitrogens with one attached hydrogen (secondary N) is 1. The zero-order chi connectivity index (χ0) is 17.1. The van der Waals surface area contributed by atoms with Gasteiger partial charge in [0.1, 0.15) is 0 Å². The van der Waals surface area contributed by atoms with Crippen molar-refractivity contribution in [3.05, 3.63) is 65.2 Å². The van der Waals surface area contributed by atoms with Gasteiger partial charge in [0.2, 0.25) is 5.13 Å². The first-order valence-corrected chi connectivity index (χ1v) is 10.1. The molecule has 0 bridgehead atoms. The molecule has 4 rings (SSSR count). The SMILES string of the molecule is O=C(Nc1nnc(SCc2ccccc2)s1)c1ccc2ncsc2c1. The van der Waals surface area contributed by atoms with Gasteiger partial charge in [-0.2, -0.15) is 0 Å². The molecule has 0 aliphatic heterocycles. The number of nitrogens with zero attached hydrogens (tertiary/aromatic N) is 3. The van der Waals surface area contributed by atoms with E-state index in [1.807, 2.05) is 30.3 Å². The zero-order valence-corrected chi connectivity index (χ0v) is 15.3. The summed E-state index contributed by atoms with van der Waals surface area (Å²) in [6.45, 7) is 0. The van der Waals surface area contributed by atoms with Crippen LogP contribution in [0.25, 0.3) is 10.2 Å². The molecule has 0 fully saturated rings. The Morgan fingerprint density at radius 1 is 1.12 bits per heavy atom. The second kappa shape index (κ2) is 7.30. The minimum Gasteiger partial charge on any atom is -0.296 e. The van der Waals surface area contributed by atoms with Crippen molar-refractivity contribution in [1.82, 2.24) is 15.2 Å². The maximum Gasteiger partial charge on any atom is 0.257 e. The minimum atomic E-state index is -0.189. The Bertz CT molecular complexity index is 1010. The summed E-state index contributed by atoms with van der Waals surface area (Å²) in [5.74, 6) is 0.636. The van der Waals surface area contributed by atoms with Crippen molar-refractivity contribution in [3.8, 4) is 0 Å². The normalized spacial score (nSPS) is 10.9. The summed E-state index contributed by atoms with van der Waals surface area (Å²) in [5, 5.41) is 11.5. The van der Waals surface area contributed by atoms with Crippen LogP contribution >= 0.6 is 34.4 Å². The third kappa shape index (κ3) is 3.87. The number of thioether (sulfide) groups is 1. The Balaban J connectivity index is 1.40. The first kappa shape index (κ1) is 16.2. The molecule has 2 aromatic heterocycles. The van der Waals surface area contributed by atoms with Gasteiger partial charge in [0.05, 0.1) is 15.7 Å². The van der Waals surface area contributed by atoms with Crippen molar-refractivity contribution in [3.63, 3.8) is 0 Å². The Morgan fingerprint density at radius 2 is 2.00 bits per heavy atom. The molecule has 1 N–H and O–H groups in total. The smallest absolute Gasteiger partial charge is 0.257 e. The summed E-state index contributed by atoms with van der Waals surface area (Å²) in [6, 6.07) is 15.6. The molecule has 0 radical (unpaired) electrons. The number of carbonyl (C=O) groups is 1. The van der Waals surface area contributed by atoms with Gasteiger partial charge in [-0.3, -0.25) is 10.1 Å². The second-order valence-corrected chi connectivity index (χ2v) is 8.22. The molecule has 0 atom stereocenters. The quantitative estimate of drug-likeness (QED) is 0.399. The van der Waals surface area contributed by atoms with Crippen LogP contribution in [0.3, 0.4) is 0 Å². The van der Waals surface area contributed by atoms with Gasteiger partial charge < -0.3 is 0 Å². The number of hydrogen-bond acceptors (Lipinski definition) is 7. The lowest BCUT2D eigenvalue weighted by Crippen LogP contribution is -2.11. The number of thiazole rings is 1.